The maximum Gasteiger partial charge on any atom is 0.292 e. The number of nitro groups is 1. The molecule has 3 rings (SSSR count). The summed E-state index contributed by atoms with van der Waals surface area (Å²) in [5, 5.41) is 21.0. The summed E-state index contributed by atoms with van der Waals surface area (Å²) in [6.45, 7) is 1.64. The summed E-state index contributed by atoms with van der Waals surface area (Å²) in [7, 11) is 0. The van der Waals surface area contributed by atoms with Gasteiger partial charge in [-0.15, -0.1) is 10.2 Å². The third-order valence-corrected chi connectivity index (χ3v) is 4.25. The van der Waals surface area contributed by atoms with Gasteiger partial charge in [0.1, 0.15) is 5.69 Å². The molecular formula is C16H13N5O4S. The van der Waals surface area contributed by atoms with E-state index in [1.54, 1.807) is 37.5 Å². The van der Waals surface area contributed by atoms with E-state index in [2.05, 4.69) is 20.5 Å². The van der Waals surface area contributed by atoms with Crippen LogP contribution in [0.25, 0.3) is 11.5 Å². The number of para-hydroxylation sites is 2. The summed E-state index contributed by atoms with van der Waals surface area (Å²) in [6, 6.07) is 9.46. The van der Waals surface area contributed by atoms with Gasteiger partial charge in [-0.05, 0) is 25.1 Å². The molecule has 2 aromatic heterocycles. The number of pyridine rings is 1. The van der Waals surface area contributed by atoms with E-state index in [0.717, 1.165) is 11.8 Å². The van der Waals surface area contributed by atoms with Gasteiger partial charge in [0.25, 0.3) is 10.9 Å². The van der Waals surface area contributed by atoms with Crippen molar-refractivity contribution < 1.29 is 14.1 Å². The molecule has 26 heavy (non-hydrogen) atoms. The Balaban J connectivity index is 1.67. The van der Waals surface area contributed by atoms with Crippen molar-refractivity contribution >= 4 is 29.0 Å². The minimum Gasteiger partial charge on any atom is -0.411 e. The van der Waals surface area contributed by atoms with Gasteiger partial charge in [0.2, 0.25) is 11.8 Å². The lowest BCUT2D eigenvalue weighted by Gasteiger charge is -2.09. The molecule has 0 bridgehead atoms. The van der Waals surface area contributed by atoms with Gasteiger partial charge in [0, 0.05) is 18.5 Å². The number of carbonyl (C=O) groups is 1. The molecule has 132 valence electrons. The monoisotopic (exact) mass is 371 g/mol. The average Bonchev–Trinajstić information content (AvgIpc) is 3.11. The lowest BCUT2D eigenvalue weighted by Crippen LogP contribution is -2.22. The van der Waals surface area contributed by atoms with Crippen LogP contribution in [0.1, 0.15) is 6.92 Å². The van der Waals surface area contributed by atoms with E-state index >= 15 is 0 Å². The average molecular weight is 371 g/mol. The molecule has 10 heteroatoms. The smallest absolute Gasteiger partial charge is 0.292 e. The highest BCUT2D eigenvalue weighted by atomic mass is 32.2. The largest absolute Gasteiger partial charge is 0.411 e. The number of rotatable bonds is 6. The molecule has 0 saturated heterocycles. The highest BCUT2D eigenvalue weighted by Crippen LogP contribution is 2.28. The van der Waals surface area contributed by atoms with Gasteiger partial charge < -0.3 is 9.73 Å². The van der Waals surface area contributed by atoms with Crippen molar-refractivity contribution in [1.29, 1.82) is 0 Å². The normalized spacial score (nSPS) is 11.7. The molecule has 0 aliphatic rings. The second kappa shape index (κ2) is 7.74. The second-order valence-electron chi connectivity index (χ2n) is 5.14. The Hall–Kier alpha value is -3.27. The maximum atomic E-state index is 12.3. The van der Waals surface area contributed by atoms with Crippen molar-refractivity contribution in [3.63, 3.8) is 0 Å². The van der Waals surface area contributed by atoms with Gasteiger partial charge in [0.15, 0.2) is 0 Å². The number of hydrogen-bond acceptors (Lipinski definition) is 8. The molecule has 0 saturated carbocycles. The first-order valence-corrected chi connectivity index (χ1v) is 8.37. The maximum absolute atomic E-state index is 12.3. The lowest BCUT2D eigenvalue weighted by atomic mass is 10.2. The number of nitro benzene ring substituents is 1. The number of hydrogen-bond donors (Lipinski definition) is 1. The van der Waals surface area contributed by atoms with Crippen molar-refractivity contribution in [3.8, 4) is 11.5 Å². The summed E-state index contributed by atoms with van der Waals surface area (Å²) < 4.78 is 5.52. The fraction of sp³-hybridized carbons (Fsp3) is 0.125. The molecule has 2 heterocycles. The van der Waals surface area contributed by atoms with Gasteiger partial charge in [-0.25, -0.2) is 0 Å². The highest BCUT2D eigenvalue weighted by Gasteiger charge is 2.22. The first kappa shape index (κ1) is 17.5. The number of carbonyl (C=O) groups excluding carboxylic acids is 1. The third-order valence-electron chi connectivity index (χ3n) is 3.32. The topological polar surface area (TPSA) is 124 Å². The number of nitrogens with one attached hydrogen (secondary N) is 1. The predicted molar refractivity (Wildman–Crippen MR) is 94.6 cm³/mol. The fourth-order valence-corrected chi connectivity index (χ4v) is 2.72. The molecule has 0 fully saturated rings. The van der Waals surface area contributed by atoms with E-state index in [0.29, 0.717) is 11.5 Å². The van der Waals surface area contributed by atoms with Crippen LogP contribution >= 0.6 is 11.8 Å². The van der Waals surface area contributed by atoms with E-state index in [9.17, 15) is 14.9 Å². The third kappa shape index (κ3) is 4.03. The lowest BCUT2D eigenvalue weighted by molar-refractivity contribution is -0.383. The summed E-state index contributed by atoms with van der Waals surface area (Å²) in [5.74, 6) is -0.114. The van der Waals surface area contributed by atoms with E-state index in [4.69, 9.17) is 4.42 Å². The van der Waals surface area contributed by atoms with Crippen molar-refractivity contribution in [3.05, 3.63) is 58.9 Å². The summed E-state index contributed by atoms with van der Waals surface area (Å²) in [6.07, 6.45) is 3.22. The van der Waals surface area contributed by atoms with Crippen LogP contribution in [0, 0.1) is 10.1 Å². The van der Waals surface area contributed by atoms with Gasteiger partial charge >= 0.3 is 0 Å². The standard InChI is InChI=1S/C16H13N5O4S/c1-10(14(22)18-12-6-2-3-7-13(12)21(23)24)26-16-20-19-15(25-16)11-5-4-8-17-9-11/h2-10H,1H3,(H,18,22)/t10-/m1/s1. The SMILES string of the molecule is C[C@@H](Sc1nnc(-c2cccnc2)o1)C(=O)Nc1ccccc1[N+](=O)[O-]. The van der Waals surface area contributed by atoms with Crippen LogP contribution in [0.3, 0.4) is 0 Å². The predicted octanol–water partition coefficient (Wildman–Crippen LogP) is 3.16. The van der Waals surface area contributed by atoms with E-state index in [1.807, 2.05) is 0 Å². The molecule has 1 atom stereocenters. The molecule has 3 aromatic rings. The fourth-order valence-electron chi connectivity index (χ4n) is 2.04. The molecule has 0 unspecified atom stereocenters. The van der Waals surface area contributed by atoms with Crippen molar-refractivity contribution in [2.24, 2.45) is 0 Å². The van der Waals surface area contributed by atoms with Gasteiger partial charge in [-0.1, -0.05) is 23.9 Å². The quantitative estimate of drug-likeness (QED) is 0.398. The molecule has 9 nitrogen and oxygen atoms in total. The zero-order valence-electron chi connectivity index (χ0n) is 13.5. The number of amides is 1. The van der Waals surface area contributed by atoms with Crippen molar-refractivity contribution in [1.82, 2.24) is 15.2 Å². The van der Waals surface area contributed by atoms with Crippen LogP contribution in [-0.2, 0) is 4.79 Å². The molecule has 1 N–H and O–H groups in total. The molecule has 1 aromatic carbocycles. The molecule has 0 spiro atoms. The minimum absolute atomic E-state index is 0.136. The highest BCUT2D eigenvalue weighted by molar-refractivity contribution is 8.00. The number of nitrogens with zero attached hydrogens (tertiary/aromatic N) is 4. The Labute approximate surface area is 152 Å². The molecule has 0 radical (unpaired) electrons. The second-order valence-corrected chi connectivity index (χ2v) is 6.43. The van der Waals surface area contributed by atoms with Gasteiger partial charge in [-0.3, -0.25) is 19.9 Å². The van der Waals surface area contributed by atoms with Crippen molar-refractivity contribution in [2.45, 2.75) is 17.4 Å². The summed E-state index contributed by atoms with van der Waals surface area (Å²) in [5.41, 5.74) is 0.634. The first-order chi connectivity index (χ1) is 12.5. The molecule has 0 aliphatic heterocycles. The first-order valence-electron chi connectivity index (χ1n) is 7.49. The van der Waals surface area contributed by atoms with E-state index in [-0.39, 0.29) is 16.6 Å². The van der Waals surface area contributed by atoms with E-state index in [1.165, 1.54) is 18.2 Å². The number of aromatic nitrogens is 3. The van der Waals surface area contributed by atoms with Crippen LogP contribution in [0.2, 0.25) is 0 Å². The Morgan fingerprint density at radius 2 is 2.08 bits per heavy atom. The molecule has 0 aliphatic carbocycles. The van der Waals surface area contributed by atoms with Crippen LogP contribution in [0.5, 0.6) is 0 Å². The molecule has 1 amide bonds. The van der Waals surface area contributed by atoms with Gasteiger partial charge in [-0.2, -0.15) is 0 Å². The van der Waals surface area contributed by atoms with Gasteiger partial charge in [0.05, 0.1) is 15.7 Å². The van der Waals surface area contributed by atoms with Crippen LogP contribution in [0.15, 0.2) is 58.4 Å². The summed E-state index contributed by atoms with van der Waals surface area (Å²) in [4.78, 5) is 26.8. The number of benzene rings is 1. The van der Waals surface area contributed by atoms with Crippen LogP contribution in [0.4, 0.5) is 11.4 Å². The Morgan fingerprint density at radius 1 is 1.27 bits per heavy atom. The summed E-state index contributed by atoms with van der Waals surface area (Å²) >= 11 is 1.06. The Kier molecular flexibility index (Phi) is 5.23. The molecular weight excluding hydrogens is 358 g/mol. The Bertz CT molecular complexity index is 931. The number of thioether (sulfide) groups is 1. The van der Waals surface area contributed by atoms with Crippen molar-refractivity contribution in [2.75, 3.05) is 5.32 Å². The Morgan fingerprint density at radius 3 is 2.81 bits per heavy atom. The number of anilines is 1. The zero-order valence-corrected chi connectivity index (χ0v) is 14.3. The van der Waals surface area contributed by atoms with Crippen LogP contribution < -0.4 is 5.32 Å². The minimum atomic E-state index is -0.600. The zero-order chi connectivity index (χ0) is 18.5. The van der Waals surface area contributed by atoms with E-state index < -0.39 is 16.1 Å². The van der Waals surface area contributed by atoms with Crippen LogP contribution in [-0.4, -0.2) is 31.3 Å².